The second kappa shape index (κ2) is 8.84. The zero-order chi connectivity index (χ0) is 20.1. The Balaban J connectivity index is 1.98. The number of likely N-dealkylation sites (N-methyl/N-ethyl adjacent to an activating group) is 1. The molecular formula is C23H32NO4+. The molecule has 0 fully saturated rings. The summed E-state index contributed by atoms with van der Waals surface area (Å²) in [6, 6.07) is 12.9. The van der Waals surface area contributed by atoms with Crippen molar-refractivity contribution < 1.29 is 23.8 Å². The molecule has 2 aromatic rings. The van der Waals surface area contributed by atoms with Gasteiger partial charge in [-0.1, -0.05) is 6.07 Å². The molecule has 28 heavy (non-hydrogen) atoms. The monoisotopic (exact) mass is 386 g/mol. The van der Waals surface area contributed by atoms with Gasteiger partial charge in [-0.15, -0.1) is 0 Å². The zero-order valence-corrected chi connectivity index (χ0v) is 17.4. The molecule has 5 heteroatoms. The van der Waals surface area contributed by atoms with Gasteiger partial charge in [-0.25, -0.2) is 0 Å². The lowest BCUT2D eigenvalue weighted by Crippen LogP contribution is -2.52. The quantitative estimate of drug-likeness (QED) is 0.707. The summed E-state index contributed by atoms with van der Waals surface area (Å²) in [7, 11) is 7.36. The Morgan fingerprint density at radius 1 is 1.00 bits per heavy atom. The third-order valence-electron chi connectivity index (χ3n) is 6.06. The van der Waals surface area contributed by atoms with Crippen molar-refractivity contribution in [3.05, 3.63) is 53.1 Å². The van der Waals surface area contributed by atoms with Gasteiger partial charge >= 0.3 is 0 Å². The van der Waals surface area contributed by atoms with Gasteiger partial charge in [-0.2, -0.15) is 0 Å². The van der Waals surface area contributed by atoms with E-state index in [0.717, 1.165) is 54.1 Å². The van der Waals surface area contributed by atoms with Crippen LogP contribution >= 0.6 is 0 Å². The van der Waals surface area contributed by atoms with E-state index in [2.05, 4.69) is 37.4 Å². The smallest absolute Gasteiger partial charge is 0.160 e. The first-order valence-corrected chi connectivity index (χ1v) is 9.87. The van der Waals surface area contributed by atoms with Crippen LogP contribution in [0.2, 0.25) is 0 Å². The average Bonchev–Trinajstić information content (AvgIpc) is 2.74. The van der Waals surface area contributed by atoms with Gasteiger partial charge in [0.05, 0.1) is 41.5 Å². The van der Waals surface area contributed by atoms with Crippen molar-refractivity contribution in [3.63, 3.8) is 0 Å². The van der Waals surface area contributed by atoms with E-state index < -0.39 is 0 Å². The molecule has 0 amide bonds. The van der Waals surface area contributed by atoms with Crippen LogP contribution in [0.15, 0.2) is 36.4 Å². The van der Waals surface area contributed by atoms with Crippen LogP contribution < -0.4 is 14.2 Å². The van der Waals surface area contributed by atoms with Gasteiger partial charge < -0.3 is 23.8 Å². The summed E-state index contributed by atoms with van der Waals surface area (Å²) in [5, 5.41) is 9.42. The largest absolute Gasteiger partial charge is 0.497 e. The number of nitrogens with zero attached hydrogens (tertiary/aromatic N) is 1. The third-order valence-corrected chi connectivity index (χ3v) is 6.06. The molecule has 0 aliphatic carbocycles. The van der Waals surface area contributed by atoms with Crippen molar-refractivity contribution in [1.82, 2.24) is 0 Å². The maximum absolute atomic E-state index is 9.42. The molecule has 1 N–H and O–H groups in total. The van der Waals surface area contributed by atoms with Crippen molar-refractivity contribution in [2.75, 3.05) is 48.1 Å². The lowest BCUT2D eigenvalue weighted by Gasteiger charge is -2.46. The summed E-state index contributed by atoms with van der Waals surface area (Å²) < 4.78 is 17.3. The minimum Gasteiger partial charge on any atom is -0.497 e. The van der Waals surface area contributed by atoms with Gasteiger partial charge in [0.2, 0.25) is 0 Å². The number of fused-ring (bicyclic) bond motifs is 1. The SMILES string of the molecule is COc1ccc2c(c1)CC[N@@+](C)(CCCO)[C@@H]2Cc1ccc(OC)c(OC)c1. The van der Waals surface area contributed by atoms with Crippen molar-refractivity contribution >= 4 is 0 Å². The third kappa shape index (κ3) is 4.10. The van der Waals surface area contributed by atoms with Crippen molar-refractivity contribution in [2.45, 2.75) is 25.3 Å². The van der Waals surface area contributed by atoms with Crippen LogP contribution in [0.25, 0.3) is 0 Å². The summed E-state index contributed by atoms with van der Waals surface area (Å²) in [5.41, 5.74) is 3.96. The fourth-order valence-corrected chi connectivity index (χ4v) is 4.38. The Morgan fingerprint density at radius 3 is 2.46 bits per heavy atom. The molecule has 2 aromatic carbocycles. The fourth-order valence-electron chi connectivity index (χ4n) is 4.38. The van der Waals surface area contributed by atoms with Gasteiger partial charge in [0.15, 0.2) is 11.5 Å². The van der Waals surface area contributed by atoms with Crippen LogP contribution in [0.1, 0.15) is 29.2 Å². The Morgan fingerprint density at radius 2 is 1.79 bits per heavy atom. The van der Waals surface area contributed by atoms with Crippen molar-refractivity contribution in [1.29, 1.82) is 0 Å². The minimum absolute atomic E-state index is 0.229. The average molecular weight is 387 g/mol. The molecule has 0 saturated carbocycles. The summed E-state index contributed by atoms with van der Waals surface area (Å²) >= 11 is 0. The second-order valence-corrected chi connectivity index (χ2v) is 7.73. The predicted octanol–water partition coefficient (Wildman–Crippen LogP) is 3.38. The molecule has 0 aromatic heterocycles. The van der Waals surface area contributed by atoms with Crippen LogP contribution in [0.4, 0.5) is 0 Å². The van der Waals surface area contributed by atoms with Crippen LogP contribution in [-0.2, 0) is 12.8 Å². The minimum atomic E-state index is 0.229. The summed E-state index contributed by atoms with van der Waals surface area (Å²) in [5.74, 6) is 2.42. The first kappa shape index (κ1) is 20.5. The fraction of sp³-hybridized carbons (Fsp3) is 0.478. The zero-order valence-electron chi connectivity index (χ0n) is 17.4. The number of methoxy groups -OCH3 is 3. The van der Waals surface area contributed by atoms with Crippen molar-refractivity contribution in [3.8, 4) is 17.2 Å². The molecule has 1 aliphatic rings. The first-order valence-electron chi connectivity index (χ1n) is 9.87. The Kier molecular flexibility index (Phi) is 6.47. The van der Waals surface area contributed by atoms with E-state index >= 15 is 0 Å². The van der Waals surface area contributed by atoms with E-state index in [1.807, 2.05) is 6.07 Å². The number of aliphatic hydroxyl groups excluding tert-OH is 1. The van der Waals surface area contributed by atoms with E-state index in [1.54, 1.807) is 21.3 Å². The number of ether oxygens (including phenoxy) is 3. The first-order chi connectivity index (χ1) is 13.5. The summed E-state index contributed by atoms with van der Waals surface area (Å²) in [4.78, 5) is 0. The predicted molar refractivity (Wildman–Crippen MR) is 110 cm³/mol. The highest BCUT2D eigenvalue weighted by molar-refractivity contribution is 5.44. The standard InChI is InChI=1S/C23H32NO4/c1-24(11-5-13-25)12-10-18-16-19(26-2)7-8-20(18)21(24)14-17-6-9-22(27-3)23(15-17)28-4/h6-9,15-16,21,25H,5,10-14H2,1-4H3/q+1/t21-,24-/m1/s1. The van der Waals surface area contributed by atoms with Gasteiger partial charge in [0.25, 0.3) is 0 Å². The van der Waals surface area contributed by atoms with Gasteiger partial charge in [-0.3, -0.25) is 0 Å². The van der Waals surface area contributed by atoms with Crippen LogP contribution in [-0.4, -0.2) is 57.7 Å². The van der Waals surface area contributed by atoms with E-state index in [4.69, 9.17) is 14.2 Å². The maximum atomic E-state index is 9.42. The van der Waals surface area contributed by atoms with E-state index in [1.165, 1.54) is 16.7 Å². The number of aliphatic hydroxyl groups is 1. The maximum Gasteiger partial charge on any atom is 0.160 e. The number of rotatable bonds is 8. The number of hydrogen-bond acceptors (Lipinski definition) is 4. The van der Waals surface area contributed by atoms with Gasteiger partial charge in [-0.05, 0) is 41.5 Å². The summed E-state index contributed by atoms with van der Waals surface area (Å²) in [6.07, 6.45) is 2.74. The molecule has 5 nitrogen and oxygen atoms in total. The number of benzene rings is 2. The van der Waals surface area contributed by atoms with Crippen LogP contribution in [0.3, 0.4) is 0 Å². The normalized spacial score (nSPS) is 21.1. The van der Waals surface area contributed by atoms with Crippen LogP contribution in [0, 0.1) is 0 Å². The molecule has 0 radical (unpaired) electrons. The van der Waals surface area contributed by atoms with E-state index in [-0.39, 0.29) is 6.61 Å². The molecular weight excluding hydrogens is 354 g/mol. The highest BCUT2D eigenvalue weighted by atomic mass is 16.5. The molecule has 0 saturated heterocycles. The van der Waals surface area contributed by atoms with Gasteiger partial charge in [0.1, 0.15) is 11.8 Å². The number of hydrogen-bond donors (Lipinski definition) is 1. The van der Waals surface area contributed by atoms with E-state index in [9.17, 15) is 5.11 Å². The molecule has 2 atom stereocenters. The Bertz CT molecular complexity index is 807. The van der Waals surface area contributed by atoms with Gasteiger partial charge in [0, 0.05) is 31.4 Å². The lowest BCUT2D eigenvalue weighted by molar-refractivity contribution is -0.941. The van der Waals surface area contributed by atoms with Crippen LogP contribution in [0.5, 0.6) is 17.2 Å². The molecule has 3 rings (SSSR count). The molecule has 1 aliphatic heterocycles. The highest BCUT2D eigenvalue weighted by Gasteiger charge is 2.38. The Labute approximate surface area is 168 Å². The molecule has 0 bridgehead atoms. The highest BCUT2D eigenvalue weighted by Crippen LogP contribution is 2.40. The molecule has 0 spiro atoms. The molecule has 1 heterocycles. The lowest BCUT2D eigenvalue weighted by atomic mass is 9.86. The topological polar surface area (TPSA) is 47.9 Å². The van der Waals surface area contributed by atoms with E-state index in [0.29, 0.717) is 6.04 Å². The molecule has 152 valence electrons. The number of quaternary nitrogens is 1. The summed E-state index contributed by atoms with van der Waals surface area (Å²) in [6.45, 7) is 2.24. The van der Waals surface area contributed by atoms with Crippen molar-refractivity contribution in [2.24, 2.45) is 0 Å². The molecule has 0 unspecified atom stereocenters. The second-order valence-electron chi connectivity index (χ2n) is 7.73. The Hall–Kier alpha value is -2.24.